The van der Waals surface area contributed by atoms with E-state index in [1.165, 1.54) is 5.56 Å². The smallest absolute Gasteiger partial charge is 0.288 e. The summed E-state index contributed by atoms with van der Waals surface area (Å²) in [6, 6.07) is 14.6. The molecule has 6 heteroatoms. The molecule has 0 spiro atoms. The van der Waals surface area contributed by atoms with Gasteiger partial charge in [-0.05, 0) is 42.7 Å². The first-order chi connectivity index (χ1) is 13.1. The van der Waals surface area contributed by atoms with Crippen molar-refractivity contribution in [2.24, 2.45) is 0 Å². The molecule has 0 aliphatic carbocycles. The Morgan fingerprint density at radius 2 is 1.89 bits per heavy atom. The number of halogens is 2. The van der Waals surface area contributed by atoms with Crippen LogP contribution in [0.4, 0.5) is 8.78 Å². The zero-order chi connectivity index (χ0) is 19.2. The molecule has 1 heterocycles. The second-order valence-electron chi connectivity index (χ2n) is 6.59. The number of rotatable bonds is 5. The maximum Gasteiger partial charge on any atom is 0.288 e. The Morgan fingerprint density at radius 1 is 1.15 bits per heavy atom. The number of hydrogen-bond donors (Lipinski definition) is 0. The zero-order valence-electron chi connectivity index (χ0n) is 15.2. The van der Waals surface area contributed by atoms with Crippen LogP contribution in [-0.4, -0.2) is 36.8 Å². The molecule has 27 heavy (non-hydrogen) atoms. The average molecular weight is 391 g/mol. The van der Waals surface area contributed by atoms with Gasteiger partial charge in [0.15, 0.2) is 0 Å². The highest BCUT2D eigenvalue weighted by Crippen LogP contribution is 2.32. The molecule has 0 saturated carbocycles. The molecule has 3 nitrogen and oxygen atoms in total. The molecule has 1 aliphatic rings. The van der Waals surface area contributed by atoms with E-state index in [9.17, 15) is 13.6 Å². The van der Waals surface area contributed by atoms with E-state index in [0.29, 0.717) is 35.3 Å². The molecular formula is C21H23F2NO2S. The maximum absolute atomic E-state index is 13.1. The summed E-state index contributed by atoms with van der Waals surface area (Å²) in [5.74, 6) is -1.68. The summed E-state index contributed by atoms with van der Waals surface area (Å²) < 4.78 is 30.9. The van der Waals surface area contributed by atoms with Crippen LogP contribution < -0.4 is 4.74 Å². The van der Waals surface area contributed by atoms with Gasteiger partial charge >= 0.3 is 0 Å². The van der Waals surface area contributed by atoms with Crippen molar-refractivity contribution in [3.8, 4) is 5.75 Å². The van der Waals surface area contributed by atoms with Gasteiger partial charge in [0.05, 0.1) is 12.7 Å². The fourth-order valence-electron chi connectivity index (χ4n) is 3.49. The van der Waals surface area contributed by atoms with Crippen LogP contribution in [0.3, 0.4) is 0 Å². The molecular weight excluding hydrogens is 368 g/mol. The number of likely N-dealkylation sites (tertiary alicyclic amines) is 1. The van der Waals surface area contributed by atoms with Crippen LogP contribution in [0, 0.1) is 0 Å². The van der Waals surface area contributed by atoms with E-state index in [0.717, 1.165) is 25.0 Å². The molecule has 0 radical (unpaired) electrons. The Balaban J connectivity index is 1.80. The van der Waals surface area contributed by atoms with Gasteiger partial charge in [0.1, 0.15) is 5.75 Å². The topological polar surface area (TPSA) is 29.5 Å². The number of carbonyl (C=O) groups excluding carboxylic acids is 1. The van der Waals surface area contributed by atoms with Gasteiger partial charge in [0.25, 0.3) is 11.7 Å². The monoisotopic (exact) mass is 391 g/mol. The number of benzene rings is 2. The van der Waals surface area contributed by atoms with Crippen LogP contribution in [0.1, 0.15) is 41.1 Å². The molecule has 144 valence electrons. The maximum atomic E-state index is 13.1. The number of nitrogens with zero attached hydrogens (tertiary/aromatic N) is 1. The highest BCUT2D eigenvalue weighted by atomic mass is 32.2. The van der Waals surface area contributed by atoms with Crippen LogP contribution in [-0.2, 0) is 0 Å². The number of ether oxygens (including phenoxy) is 1. The standard InChI is InChI=1S/C21H23F2NO2S/c1-26-17-11-9-15(10-12-17)16-6-4-5-13-24(14-16)20(25)18-7-2-3-8-19(18)27-21(22)23/h2-3,7-12,16,21H,4-6,13-14H2,1H3. The minimum atomic E-state index is -2.55. The van der Waals surface area contributed by atoms with Crippen LogP contribution in [0.5, 0.6) is 5.75 Å². The largest absolute Gasteiger partial charge is 0.497 e. The van der Waals surface area contributed by atoms with Crippen LogP contribution >= 0.6 is 11.8 Å². The van der Waals surface area contributed by atoms with Crippen molar-refractivity contribution < 1.29 is 18.3 Å². The van der Waals surface area contributed by atoms with Crippen LogP contribution in [0.2, 0.25) is 0 Å². The summed E-state index contributed by atoms with van der Waals surface area (Å²) in [5.41, 5.74) is 1.53. The second kappa shape index (κ2) is 9.22. The Hall–Kier alpha value is -2.08. The van der Waals surface area contributed by atoms with Gasteiger partial charge in [-0.2, -0.15) is 8.78 Å². The lowest BCUT2D eigenvalue weighted by atomic mass is 9.94. The summed E-state index contributed by atoms with van der Waals surface area (Å²) in [6.45, 7) is 1.25. The van der Waals surface area contributed by atoms with Crippen molar-refractivity contribution in [2.45, 2.75) is 35.8 Å². The molecule has 2 aromatic carbocycles. The minimum absolute atomic E-state index is 0.167. The number of hydrogen-bond acceptors (Lipinski definition) is 3. The van der Waals surface area contributed by atoms with E-state index in [4.69, 9.17) is 4.74 Å². The summed E-state index contributed by atoms with van der Waals surface area (Å²) in [6.07, 6.45) is 2.96. The lowest BCUT2D eigenvalue weighted by Gasteiger charge is -2.26. The van der Waals surface area contributed by atoms with Gasteiger partial charge < -0.3 is 9.64 Å². The molecule has 1 amide bonds. The second-order valence-corrected chi connectivity index (χ2v) is 7.62. The quantitative estimate of drug-likeness (QED) is 0.638. The van der Waals surface area contributed by atoms with Gasteiger partial charge in [0, 0.05) is 23.9 Å². The van der Waals surface area contributed by atoms with Gasteiger partial charge in [-0.25, -0.2) is 0 Å². The average Bonchev–Trinajstić information content (AvgIpc) is 2.94. The number of thioether (sulfide) groups is 1. The first-order valence-corrected chi connectivity index (χ1v) is 9.93. The number of alkyl halides is 2. The van der Waals surface area contributed by atoms with Crippen molar-refractivity contribution in [3.05, 3.63) is 59.7 Å². The normalized spacial score (nSPS) is 17.6. The zero-order valence-corrected chi connectivity index (χ0v) is 16.1. The van der Waals surface area contributed by atoms with E-state index in [-0.39, 0.29) is 11.8 Å². The number of amides is 1. The summed E-state index contributed by atoms with van der Waals surface area (Å²) in [7, 11) is 1.63. The fraction of sp³-hybridized carbons (Fsp3) is 0.381. The number of methoxy groups -OCH3 is 1. The molecule has 1 saturated heterocycles. The minimum Gasteiger partial charge on any atom is -0.497 e. The van der Waals surface area contributed by atoms with Crippen molar-refractivity contribution in [3.63, 3.8) is 0 Å². The fourth-order valence-corrected chi connectivity index (χ4v) is 4.12. The lowest BCUT2D eigenvalue weighted by molar-refractivity contribution is 0.0751. The number of carbonyl (C=O) groups is 1. The molecule has 1 unspecified atom stereocenters. The summed E-state index contributed by atoms with van der Waals surface area (Å²) in [5, 5.41) is 0. The molecule has 0 aromatic heterocycles. The predicted molar refractivity (Wildman–Crippen MR) is 104 cm³/mol. The van der Waals surface area contributed by atoms with Crippen molar-refractivity contribution in [2.75, 3.05) is 20.2 Å². The lowest BCUT2D eigenvalue weighted by Crippen LogP contribution is -2.34. The van der Waals surface area contributed by atoms with Crippen LogP contribution in [0.25, 0.3) is 0 Å². The van der Waals surface area contributed by atoms with E-state index in [1.807, 2.05) is 29.2 Å². The summed E-state index contributed by atoms with van der Waals surface area (Å²) >= 11 is 0.429. The van der Waals surface area contributed by atoms with Crippen molar-refractivity contribution in [1.82, 2.24) is 4.90 Å². The third kappa shape index (κ3) is 5.01. The van der Waals surface area contributed by atoms with E-state index >= 15 is 0 Å². The molecule has 3 rings (SSSR count). The molecule has 1 atom stereocenters. The van der Waals surface area contributed by atoms with E-state index < -0.39 is 5.76 Å². The molecule has 2 aromatic rings. The third-order valence-corrected chi connectivity index (χ3v) is 5.67. The molecule has 0 N–H and O–H groups in total. The van der Waals surface area contributed by atoms with Crippen LogP contribution in [0.15, 0.2) is 53.4 Å². The first kappa shape index (κ1) is 19.7. The highest BCUT2D eigenvalue weighted by Gasteiger charge is 2.26. The Kier molecular flexibility index (Phi) is 6.72. The SMILES string of the molecule is COc1ccc(C2CCCCN(C(=O)c3ccccc3SC(F)F)C2)cc1. The Morgan fingerprint density at radius 3 is 2.59 bits per heavy atom. The van der Waals surface area contributed by atoms with E-state index in [2.05, 4.69) is 0 Å². The van der Waals surface area contributed by atoms with Gasteiger partial charge in [-0.15, -0.1) is 0 Å². The van der Waals surface area contributed by atoms with Gasteiger partial charge in [-0.3, -0.25) is 4.79 Å². The van der Waals surface area contributed by atoms with Gasteiger partial charge in [0.2, 0.25) is 0 Å². The molecule has 0 bridgehead atoms. The third-order valence-electron chi connectivity index (χ3n) is 4.88. The molecule has 1 aliphatic heterocycles. The summed E-state index contributed by atoms with van der Waals surface area (Å²) in [4.78, 5) is 15.2. The predicted octanol–water partition coefficient (Wildman–Crippen LogP) is 5.42. The van der Waals surface area contributed by atoms with Crippen molar-refractivity contribution in [1.29, 1.82) is 0 Å². The van der Waals surface area contributed by atoms with Gasteiger partial charge in [-0.1, -0.05) is 42.4 Å². The van der Waals surface area contributed by atoms with E-state index in [1.54, 1.807) is 31.4 Å². The Labute approximate surface area is 162 Å². The first-order valence-electron chi connectivity index (χ1n) is 9.05. The van der Waals surface area contributed by atoms with Crippen molar-refractivity contribution >= 4 is 17.7 Å². The molecule has 1 fully saturated rings. The highest BCUT2D eigenvalue weighted by molar-refractivity contribution is 7.99. The Bertz CT molecular complexity index is 767.